The fourth-order valence-corrected chi connectivity index (χ4v) is 4.86. The Morgan fingerprint density at radius 2 is 1.71 bits per heavy atom. The van der Waals surface area contributed by atoms with Crippen molar-refractivity contribution in [1.82, 2.24) is 19.7 Å². The number of aryl methyl sites for hydroxylation is 1. The molecule has 13 heteroatoms. The van der Waals surface area contributed by atoms with Gasteiger partial charge in [-0.25, -0.2) is 23.9 Å². The Kier molecular flexibility index (Phi) is 6.53. The minimum absolute atomic E-state index is 0.0264. The van der Waals surface area contributed by atoms with Crippen LogP contribution in [0.1, 0.15) is 41.8 Å². The van der Waals surface area contributed by atoms with Gasteiger partial charge in [-0.3, -0.25) is 4.79 Å². The predicted molar refractivity (Wildman–Crippen MR) is 124 cm³/mol. The summed E-state index contributed by atoms with van der Waals surface area (Å²) in [6.45, 7) is 1.75. The number of amides is 1. The van der Waals surface area contributed by atoms with E-state index < -0.39 is 35.0 Å². The van der Waals surface area contributed by atoms with Gasteiger partial charge in [0.25, 0.3) is 5.91 Å². The lowest BCUT2D eigenvalue weighted by atomic mass is 10.1. The molecular formula is C22H15FN4O6S2. The van der Waals surface area contributed by atoms with Crippen LogP contribution in [0.4, 0.5) is 4.39 Å². The Morgan fingerprint density at radius 1 is 1.03 bits per heavy atom. The first-order valence-electron chi connectivity index (χ1n) is 9.82. The summed E-state index contributed by atoms with van der Waals surface area (Å²) < 4.78 is 18.7. The van der Waals surface area contributed by atoms with Gasteiger partial charge in [0.05, 0.1) is 33.8 Å². The van der Waals surface area contributed by atoms with E-state index in [4.69, 9.17) is 5.11 Å². The number of hydrogen-bond donors (Lipinski definition) is 4. The molecule has 0 aliphatic heterocycles. The van der Waals surface area contributed by atoms with E-state index in [2.05, 4.69) is 19.7 Å². The molecule has 2 heterocycles. The van der Waals surface area contributed by atoms with Gasteiger partial charge in [0.1, 0.15) is 27.1 Å². The fourth-order valence-electron chi connectivity index (χ4n) is 3.18. The number of rotatable bonds is 7. The van der Waals surface area contributed by atoms with Crippen molar-refractivity contribution in [2.45, 2.75) is 13.5 Å². The Bertz CT molecular complexity index is 1480. The van der Waals surface area contributed by atoms with Crippen LogP contribution in [-0.2, 0) is 6.54 Å². The van der Waals surface area contributed by atoms with Crippen LogP contribution in [0, 0.1) is 12.7 Å². The molecule has 0 saturated heterocycles. The first-order chi connectivity index (χ1) is 16.7. The Labute approximate surface area is 204 Å². The second-order valence-corrected chi connectivity index (χ2v) is 8.97. The highest BCUT2D eigenvalue weighted by molar-refractivity contribution is 7.15. The maximum atomic E-state index is 14.4. The van der Waals surface area contributed by atoms with Crippen molar-refractivity contribution < 1.29 is 34.1 Å². The van der Waals surface area contributed by atoms with E-state index in [9.17, 15) is 29.0 Å². The van der Waals surface area contributed by atoms with Gasteiger partial charge in [0.2, 0.25) is 0 Å². The molecule has 178 valence electrons. The topological polar surface area (TPSA) is 163 Å². The van der Waals surface area contributed by atoms with E-state index in [0.29, 0.717) is 15.6 Å². The number of aromatic hydroxyl groups is 1. The average molecular weight is 515 g/mol. The van der Waals surface area contributed by atoms with E-state index in [1.54, 1.807) is 13.0 Å². The number of aromatic nitrogens is 3. The summed E-state index contributed by atoms with van der Waals surface area (Å²) in [7, 11) is 0. The van der Waals surface area contributed by atoms with E-state index in [1.165, 1.54) is 29.5 Å². The summed E-state index contributed by atoms with van der Waals surface area (Å²) in [5.41, 5.74) is -0.178. The van der Waals surface area contributed by atoms with Crippen molar-refractivity contribution in [2.24, 2.45) is 0 Å². The van der Waals surface area contributed by atoms with Crippen molar-refractivity contribution in [2.75, 3.05) is 0 Å². The number of benzene rings is 2. The summed E-state index contributed by atoms with van der Waals surface area (Å²) in [6, 6.07) is 7.55. The largest absolute Gasteiger partial charge is 0.507 e. The first-order valence-corrected chi connectivity index (χ1v) is 11.4. The summed E-state index contributed by atoms with van der Waals surface area (Å²) in [6.07, 6.45) is 0. The smallest absolute Gasteiger partial charge is 0.339 e. The normalized spacial score (nSPS) is 10.8. The quantitative estimate of drug-likeness (QED) is 0.287. The molecule has 35 heavy (non-hydrogen) atoms. The second-order valence-electron chi connectivity index (χ2n) is 7.13. The van der Waals surface area contributed by atoms with Gasteiger partial charge >= 0.3 is 11.9 Å². The number of carboxylic acid groups (broad SMARTS) is 2. The second kappa shape index (κ2) is 9.56. The molecule has 0 atom stereocenters. The number of carbonyl (C=O) groups is 3. The average Bonchev–Trinajstić information content (AvgIpc) is 3.45. The van der Waals surface area contributed by atoms with Crippen molar-refractivity contribution in [3.8, 4) is 27.0 Å². The van der Waals surface area contributed by atoms with Crippen LogP contribution in [0.25, 0.3) is 21.3 Å². The maximum Gasteiger partial charge on any atom is 0.339 e. The van der Waals surface area contributed by atoms with Gasteiger partial charge in [0, 0.05) is 0 Å². The number of carboxylic acids is 2. The molecule has 0 fully saturated rings. The van der Waals surface area contributed by atoms with Gasteiger partial charge in [-0.05, 0) is 42.7 Å². The molecular weight excluding hydrogens is 499 g/mol. The number of aromatic carboxylic acids is 2. The summed E-state index contributed by atoms with van der Waals surface area (Å²) in [5.74, 6) is -4.44. The monoisotopic (exact) mass is 514 g/mol. The van der Waals surface area contributed by atoms with Gasteiger partial charge in [0.15, 0.2) is 5.82 Å². The molecule has 0 unspecified atom stereocenters. The third-order valence-electron chi connectivity index (χ3n) is 4.82. The lowest BCUT2D eigenvalue weighted by molar-refractivity contribution is 0.0682. The minimum atomic E-state index is -1.46. The van der Waals surface area contributed by atoms with Crippen molar-refractivity contribution in [1.29, 1.82) is 0 Å². The third-order valence-corrected chi connectivity index (χ3v) is 6.72. The molecule has 0 radical (unpaired) electrons. The molecule has 10 nitrogen and oxygen atoms in total. The fraction of sp³-hybridized carbons (Fsp3) is 0.0909. The van der Waals surface area contributed by atoms with E-state index in [1.807, 2.05) is 0 Å². The highest BCUT2D eigenvalue weighted by Crippen LogP contribution is 2.35. The van der Waals surface area contributed by atoms with E-state index in [-0.39, 0.29) is 34.1 Å². The molecule has 4 N–H and O–H groups in total. The highest BCUT2D eigenvalue weighted by Gasteiger charge is 2.21. The molecule has 2 aromatic heterocycles. The minimum Gasteiger partial charge on any atom is -0.507 e. The Balaban J connectivity index is 1.53. The van der Waals surface area contributed by atoms with E-state index >= 15 is 0 Å². The summed E-state index contributed by atoms with van der Waals surface area (Å²) in [4.78, 5) is 44.1. The van der Waals surface area contributed by atoms with Crippen LogP contribution in [0.2, 0.25) is 0 Å². The lowest BCUT2D eigenvalue weighted by Gasteiger charge is -2.06. The number of carbonyl (C=O) groups excluding carboxylic acids is 1. The van der Waals surface area contributed by atoms with Crippen LogP contribution in [0.3, 0.4) is 0 Å². The Hall–Kier alpha value is -4.23. The SMILES string of the molecule is Cc1nc(CNC(=O)c2ccccc2C(=O)O)sc1-c1nsc(-c2cc(O)c(C(=O)O)cc2F)n1. The molecule has 1 amide bonds. The molecule has 0 spiro atoms. The highest BCUT2D eigenvalue weighted by atomic mass is 32.1. The predicted octanol–water partition coefficient (Wildman–Crippen LogP) is 3.81. The number of phenols is 1. The van der Waals surface area contributed by atoms with Crippen LogP contribution >= 0.6 is 22.9 Å². The van der Waals surface area contributed by atoms with Gasteiger partial charge < -0.3 is 20.6 Å². The zero-order valence-corrected chi connectivity index (χ0v) is 19.4. The third kappa shape index (κ3) is 4.85. The standard InChI is InChI=1S/C22H15FN4O6S2/c1-9-17(18-26-20(35-27-18)12-7-15(28)13(22(32)33)6-14(12)23)34-16(25-9)8-24-19(29)10-4-2-3-5-11(10)21(30)31/h2-7,28H,8H2,1H3,(H,24,29)(H,30,31)(H,32,33). The van der Waals surface area contributed by atoms with Crippen LogP contribution in [0.15, 0.2) is 36.4 Å². The van der Waals surface area contributed by atoms with Crippen LogP contribution < -0.4 is 5.32 Å². The lowest BCUT2D eigenvalue weighted by Crippen LogP contribution is -2.24. The van der Waals surface area contributed by atoms with Gasteiger partial charge in [-0.15, -0.1) is 11.3 Å². The van der Waals surface area contributed by atoms with Gasteiger partial charge in [-0.2, -0.15) is 4.37 Å². The summed E-state index contributed by atoms with van der Waals surface area (Å²) >= 11 is 2.07. The zero-order chi connectivity index (χ0) is 25.3. The first kappa shape index (κ1) is 23.9. The van der Waals surface area contributed by atoms with Crippen molar-refractivity contribution in [3.63, 3.8) is 0 Å². The molecule has 0 aliphatic carbocycles. The van der Waals surface area contributed by atoms with Crippen LogP contribution in [0.5, 0.6) is 5.75 Å². The Morgan fingerprint density at radius 3 is 2.40 bits per heavy atom. The molecule has 2 aromatic carbocycles. The molecule has 0 bridgehead atoms. The molecule has 0 aliphatic rings. The van der Waals surface area contributed by atoms with Gasteiger partial charge in [-0.1, -0.05) is 12.1 Å². The number of nitrogens with one attached hydrogen (secondary N) is 1. The van der Waals surface area contributed by atoms with E-state index in [0.717, 1.165) is 23.7 Å². The van der Waals surface area contributed by atoms with Crippen molar-refractivity contribution >= 4 is 40.7 Å². The van der Waals surface area contributed by atoms with Crippen LogP contribution in [-0.4, -0.2) is 47.5 Å². The number of thiazole rings is 1. The maximum absolute atomic E-state index is 14.4. The number of hydrogen-bond acceptors (Lipinski definition) is 9. The zero-order valence-electron chi connectivity index (χ0n) is 17.8. The van der Waals surface area contributed by atoms with Crippen molar-refractivity contribution in [3.05, 3.63) is 69.6 Å². The number of halogens is 1. The molecule has 4 rings (SSSR count). The summed E-state index contributed by atoms with van der Waals surface area (Å²) in [5, 5.41) is 31.4. The molecule has 0 saturated carbocycles. The molecule has 4 aromatic rings. The number of nitrogens with zero attached hydrogens (tertiary/aromatic N) is 3.